The molecule has 2 saturated carbocycles. The van der Waals surface area contributed by atoms with Crippen LogP contribution in [0.3, 0.4) is 0 Å². The summed E-state index contributed by atoms with van der Waals surface area (Å²) < 4.78 is 31.5. The Morgan fingerprint density at radius 1 is 1.30 bits per heavy atom. The highest BCUT2D eigenvalue weighted by molar-refractivity contribution is 5.41. The summed E-state index contributed by atoms with van der Waals surface area (Å²) in [6, 6.07) is 3.92. The molecule has 2 aliphatic heterocycles. The molecule has 0 amide bonds. The van der Waals surface area contributed by atoms with Gasteiger partial charge in [0.1, 0.15) is 6.10 Å². The molecule has 1 unspecified atom stereocenters. The lowest BCUT2D eigenvalue weighted by Gasteiger charge is -2.36. The van der Waals surface area contributed by atoms with Crippen LogP contribution in [0.4, 0.5) is 14.7 Å². The van der Waals surface area contributed by atoms with Crippen LogP contribution < -0.4 is 10.2 Å². The molecule has 1 atom stereocenters. The standard InChI is InChI=1S/C21H28F2N6O/c1-24-11-21-9-14(10-21)29(12-21)20-25-7-6-15(26-20)18(30-19(22)23)17-8-16(27-28-17)13-4-2-3-5-13/h6-8,13-14,18-19,24H,2-5,9-12H2,1H3,(H,27,28). The van der Waals surface area contributed by atoms with Gasteiger partial charge in [-0.3, -0.25) is 5.10 Å². The molecule has 9 heteroatoms. The molecule has 0 spiro atoms. The SMILES string of the molecule is CNCC12CC(C1)N(c1nccc(C(OC(F)F)c3cc(C4CCCC4)[nH]n3)n1)C2. The maximum atomic E-state index is 13.2. The average molecular weight is 418 g/mol. The maximum absolute atomic E-state index is 13.2. The molecular weight excluding hydrogens is 390 g/mol. The zero-order chi connectivity index (χ0) is 20.7. The number of aromatic nitrogens is 4. The number of anilines is 1. The second-order valence-electron chi connectivity index (χ2n) is 9.01. The van der Waals surface area contributed by atoms with Gasteiger partial charge in [-0.2, -0.15) is 13.9 Å². The minimum atomic E-state index is -2.92. The smallest absolute Gasteiger partial charge is 0.337 e. The van der Waals surface area contributed by atoms with Gasteiger partial charge in [0.25, 0.3) is 0 Å². The van der Waals surface area contributed by atoms with E-state index >= 15 is 0 Å². The third-order valence-electron chi connectivity index (χ3n) is 6.95. The van der Waals surface area contributed by atoms with Crippen molar-refractivity contribution in [3.05, 3.63) is 35.4 Å². The van der Waals surface area contributed by atoms with Crippen molar-refractivity contribution in [3.63, 3.8) is 0 Å². The number of rotatable bonds is 8. The van der Waals surface area contributed by atoms with Gasteiger partial charge < -0.3 is 15.0 Å². The van der Waals surface area contributed by atoms with Gasteiger partial charge in [0.15, 0.2) is 0 Å². The Kier molecular flexibility index (Phi) is 5.18. The molecule has 2 saturated heterocycles. The summed E-state index contributed by atoms with van der Waals surface area (Å²) in [5, 5.41) is 10.6. The van der Waals surface area contributed by atoms with Crippen LogP contribution in [0.15, 0.2) is 18.3 Å². The van der Waals surface area contributed by atoms with E-state index in [0.29, 0.717) is 29.3 Å². The molecule has 2 aromatic rings. The summed E-state index contributed by atoms with van der Waals surface area (Å²) in [4.78, 5) is 11.3. The molecule has 162 valence electrons. The van der Waals surface area contributed by atoms with Crippen LogP contribution >= 0.6 is 0 Å². The Morgan fingerprint density at radius 3 is 2.83 bits per heavy atom. The lowest BCUT2D eigenvalue weighted by Crippen LogP contribution is -2.41. The van der Waals surface area contributed by atoms with Crippen LogP contribution in [0, 0.1) is 5.41 Å². The molecule has 4 fully saturated rings. The van der Waals surface area contributed by atoms with Gasteiger partial charge in [-0.15, -0.1) is 0 Å². The molecule has 2 aliphatic carbocycles. The number of fused-ring (bicyclic) bond motifs is 1. The van der Waals surface area contributed by atoms with Crippen molar-refractivity contribution in [1.29, 1.82) is 0 Å². The lowest BCUT2D eigenvalue weighted by atomic mass is 9.70. The van der Waals surface area contributed by atoms with Crippen molar-refractivity contribution < 1.29 is 13.5 Å². The Bertz CT molecular complexity index is 878. The molecule has 7 nitrogen and oxygen atoms in total. The highest BCUT2D eigenvalue weighted by Gasteiger charge is 2.55. The summed E-state index contributed by atoms with van der Waals surface area (Å²) in [5.74, 6) is 1.00. The Balaban J connectivity index is 1.40. The fraction of sp³-hybridized carbons (Fsp3) is 0.667. The third-order valence-corrected chi connectivity index (χ3v) is 6.95. The van der Waals surface area contributed by atoms with Crippen molar-refractivity contribution in [2.75, 3.05) is 25.0 Å². The summed E-state index contributed by atoms with van der Waals surface area (Å²) in [6.45, 7) is -1.07. The van der Waals surface area contributed by atoms with Gasteiger partial charge in [-0.1, -0.05) is 12.8 Å². The van der Waals surface area contributed by atoms with Crippen LogP contribution in [0.25, 0.3) is 0 Å². The normalized spacial score (nSPS) is 27.1. The number of halogens is 2. The molecule has 6 rings (SSSR count). The zero-order valence-electron chi connectivity index (χ0n) is 17.2. The van der Waals surface area contributed by atoms with Gasteiger partial charge in [0.2, 0.25) is 5.95 Å². The average Bonchev–Trinajstić information content (AvgIpc) is 3.48. The second-order valence-corrected chi connectivity index (χ2v) is 9.01. The summed E-state index contributed by atoms with van der Waals surface area (Å²) in [6.07, 6.45) is 7.42. The Labute approximate surface area is 174 Å². The Hall–Kier alpha value is -2.13. The Morgan fingerprint density at radius 2 is 2.10 bits per heavy atom. The number of hydrogen-bond donors (Lipinski definition) is 2. The van der Waals surface area contributed by atoms with Crippen molar-refractivity contribution >= 4 is 5.95 Å². The molecule has 0 radical (unpaired) electrons. The number of H-pyrrole nitrogens is 1. The number of ether oxygens (including phenoxy) is 1. The first-order valence-corrected chi connectivity index (χ1v) is 10.8. The molecule has 4 aliphatic rings. The molecule has 30 heavy (non-hydrogen) atoms. The first-order chi connectivity index (χ1) is 14.6. The van der Waals surface area contributed by atoms with Crippen molar-refractivity contribution in [2.24, 2.45) is 5.41 Å². The number of nitrogens with zero attached hydrogens (tertiary/aromatic N) is 4. The first-order valence-electron chi connectivity index (χ1n) is 10.8. The molecule has 2 aromatic heterocycles. The topological polar surface area (TPSA) is 79.0 Å². The molecular formula is C21H28F2N6O. The van der Waals surface area contributed by atoms with E-state index in [1.165, 1.54) is 12.8 Å². The van der Waals surface area contributed by atoms with Crippen LogP contribution in [0.5, 0.6) is 0 Å². The predicted octanol–water partition coefficient (Wildman–Crippen LogP) is 3.37. The monoisotopic (exact) mass is 418 g/mol. The number of hydrogen-bond acceptors (Lipinski definition) is 6. The van der Waals surface area contributed by atoms with Crippen LogP contribution in [-0.2, 0) is 4.74 Å². The van der Waals surface area contributed by atoms with E-state index in [1.54, 1.807) is 12.3 Å². The molecule has 2 bridgehead atoms. The van der Waals surface area contributed by atoms with E-state index < -0.39 is 12.7 Å². The van der Waals surface area contributed by atoms with Crippen LogP contribution in [-0.4, -0.2) is 53.0 Å². The van der Waals surface area contributed by atoms with Gasteiger partial charge in [-0.25, -0.2) is 9.97 Å². The van der Waals surface area contributed by atoms with Crippen molar-refractivity contribution in [2.45, 2.75) is 63.2 Å². The van der Waals surface area contributed by atoms with Crippen LogP contribution in [0.2, 0.25) is 0 Å². The fourth-order valence-corrected chi connectivity index (χ4v) is 5.56. The van der Waals surface area contributed by atoms with E-state index in [9.17, 15) is 8.78 Å². The number of alkyl halides is 2. The highest BCUT2D eigenvalue weighted by atomic mass is 19.3. The summed E-state index contributed by atoms with van der Waals surface area (Å²) >= 11 is 0. The molecule has 0 aromatic carbocycles. The van der Waals surface area contributed by atoms with Crippen molar-refractivity contribution in [3.8, 4) is 0 Å². The summed E-state index contributed by atoms with van der Waals surface area (Å²) in [5.41, 5.74) is 2.13. The van der Waals surface area contributed by atoms with E-state index in [4.69, 9.17) is 4.74 Å². The quantitative estimate of drug-likeness (QED) is 0.684. The highest BCUT2D eigenvalue weighted by Crippen LogP contribution is 2.52. The third kappa shape index (κ3) is 3.58. The second kappa shape index (κ2) is 7.85. The van der Waals surface area contributed by atoms with Crippen molar-refractivity contribution in [1.82, 2.24) is 25.5 Å². The van der Waals surface area contributed by atoms with E-state index in [1.807, 2.05) is 13.1 Å². The van der Waals surface area contributed by atoms with Gasteiger partial charge in [0, 0.05) is 42.4 Å². The predicted molar refractivity (Wildman–Crippen MR) is 107 cm³/mol. The largest absolute Gasteiger partial charge is 0.346 e. The number of nitrogens with one attached hydrogen (secondary N) is 2. The lowest BCUT2D eigenvalue weighted by molar-refractivity contribution is -0.155. The van der Waals surface area contributed by atoms with E-state index in [-0.39, 0.29) is 5.41 Å². The van der Waals surface area contributed by atoms with E-state index in [0.717, 1.165) is 44.5 Å². The molecule has 2 N–H and O–H groups in total. The van der Waals surface area contributed by atoms with Gasteiger partial charge >= 0.3 is 6.61 Å². The fourth-order valence-electron chi connectivity index (χ4n) is 5.56. The maximum Gasteiger partial charge on any atom is 0.346 e. The van der Waals surface area contributed by atoms with Gasteiger partial charge in [0.05, 0.1) is 11.4 Å². The zero-order valence-corrected chi connectivity index (χ0v) is 17.2. The minimum absolute atomic E-state index is 0.274. The summed E-state index contributed by atoms with van der Waals surface area (Å²) in [7, 11) is 1.97. The van der Waals surface area contributed by atoms with Crippen LogP contribution in [0.1, 0.15) is 67.6 Å². The van der Waals surface area contributed by atoms with E-state index in [2.05, 4.69) is 30.4 Å². The minimum Gasteiger partial charge on any atom is -0.337 e. The molecule has 4 heterocycles. The first kappa shape index (κ1) is 19.8. The van der Waals surface area contributed by atoms with Gasteiger partial charge in [-0.05, 0) is 44.9 Å². The number of aromatic amines is 1.